The van der Waals surface area contributed by atoms with E-state index in [1.807, 2.05) is 22.9 Å². The van der Waals surface area contributed by atoms with E-state index in [1.54, 1.807) is 0 Å². The van der Waals surface area contributed by atoms with Gasteiger partial charge in [0, 0.05) is 12.1 Å². The molecule has 0 saturated carbocycles. The first kappa shape index (κ1) is 12.8. The molecule has 0 fully saturated rings. The average Bonchev–Trinajstić information content (AvgIpc) is 2.72. The fourth-order valence-corrected chi connectivity index (χ4v) is 2.06. The van der Waals surface area contributed by atoms with Gasteiger partial charge in [0.2, 0.25) is 0 Å². The van der Waals surface area contributed by atoms with Crippen LogP contribution in [0.3, 0.4) is 0 Å². The number of aromatic nitrogens is 3. The normalized spacial score (nSPS) is 11.2. The molecule has 4 nitrogen and oxygen atoms in total. The molecule has 0 amide bonds. The van der Waals surface area contributed by atoms with Gasteiger partial charge in [0.1, 0.15) is 5.69 Å². The van der Waals surface area contributed by atoms with Crippen molar-refractivity contribution in [2.45, 2.75) is 33.9 Å². The van der Waals surface area contributed by atoms with Gasteiger partial charge in [0.25, 0.3) is 0 Å². The molecule has 18 heavy (non-hydrogen) atoms. The maximum absolute atomic E-state index is 9.40. The third kappa shape index (κ3) is 2.43. The third-order valence-corrected chi connectivity index (χ3v) is 2.89. The van der Waals surface area contributed by atoms with Crippen LogP contribution in [0.1, 0.15) is 25.1 Å². The molecular formula is C14H19N3O. The topological polar surface area (TPSA) is 50.9 Å². The van der Waals surface area contributed by atoms with Crippen LogP contribution in [0, 0.1) is 12.8 Å². The van der Waals surface area contributed by atoms with Crippen LogP contribution in [0.2, 0.25) is 0 Å². The lowest BCUT2D eigenvalue weighted by Crippen LogP contribution is -2.08. The van der Waals surface area contributed by atoms with E-state index in [0.717, 1.165) is 17.8 Å². The minimum atomic E-state index is -0.0816. The number of aryl methyl sites for hydroxylation is 1. The lowest BCUT2D eigenvalue weighted by molar-refractivity contribution is 0.277. The van der Waals surface area contributed by atoms with Gasteiger partial charge in [-0.2, -0.15) is 0 Å². The molecule has 0 radical (unpaired) electrons. The molecule has 0 saturated heterocycles. The van der Waals surface area contributed by atoms with Crippen molar-refractivity contribution in [3.05, 3.63) is 35.5 Å². The first-order valence-electron chi connectivity index (χ1n) is 6.22. The lowest BCUT2D eigenvalue weighted by atomic mass is 10.0. The number of hydrogen-bond acceptors (Lipinski definition) is 3. The maximum atomic E-state index is 9.40. The summed E-state index contributed by atoms with van der Waals surface area (Å²) < 4.78 is 1.89. The number of hydrogen-bond donors (Lipinski definition) is 1. The zero-order chi connectivity index (χ0) is 13.1. The Bertz CT molecular complexity index is 532. The van der Waals surface area contributed by atoms with E-state index < -0.39 is 0 Å². The Morgan fingerprint density at radius 2 is 2.00 bits per heavy atom. The van der Waals surface area contributed by atoms with Gasteiger partial charge in [0.15, 0.2) is 0 Å². The Morgan fingerprint density at radius 1 is 1.28 bits per heavy atom. The highest BCUT2D eigenvalue weighted by atomic mass is 16.3. The van der Waals surface area contributed by atoms with Gasteiger partial charge in [-0.3, -0.25) is 0 Å². The molecule has 0 aliphatic carbocycles. The summed E-state index contributed by atoms with van der Waals surface area (Å²) in [7, 11) is 0. The van der Waals surface area contributed by atoms with E-state index in [4.69, 9.17) is 0 Å². The highest BCUT2D eigenvalue weighted by molar-refractivity contribution is 5.65. The lowest BCUT2D eigenvalue weighted by Gasteiger charge is -2.11. The fraction of sp³-hybridized carbons (Fsp3) is 0.429. The molecule has 0 aliphatic heterocycles. The van der Waals surface area contributed by atoms with E-state index in [9.17, 15) is 5.11 Å². The smallest absolute Gasteiger partial charge is 0.116 e. The Morgan fingerprint density at radius 3 is 2.61 bits per heavy atom. The number of aliphatic hydroxyl groups excluding tert-OH is 1. The summed E-state index contributed by atoms with van der Waals surface area (Å²) in [5.41, 5.74) is 3.83. The quantitative estimate of drug-likeness (QED) is 0.900. The second-order valence-corrected chi connectivity index (χ2v) is 4.93. The number of aliphatic hydroxyl groups is 1. The second-order valence-electron chi connectivity index (χ2n) is 4.93. The molecule has 4 heteroatoms. The molecule has 1 aromatic carbocycles. The summed E-state index contributed by atoms with van der Waals surface area (Å²) >= 11 is 0. The van der Waals surface area contributed by atoms with Crippen LogP contribution in [0.5, 0.6) is 0 Å². The van der Waals surface area contributed by atoms with Gasteiger partial charge >= 0.3 is 0 Å². The predicted molar refractivity (Wildman–Crippen MR) is 71.0 cm³/mol. The van der Waals surface area contributed by atoms with Gasteiger partial charge in [0.05, 0.1) is 12.3 Å². The average molecular weight is 245 g/mol. The van der Waals surface area contributed by atoms with Crippen LogP contribution < -0.4 is 0 Å². The largest absolute Gasteiger partial charge is 0.390 e. The third-order valence-electron chi connectivity index (χ3n) is 2.89. The van der Waals surface area contributed by atoms with Gasteiger partial charge < -0.3 is 5.11 Å². The first-order chi connectivity index (χ1) is 8.63. The van der Waals surface area contributed by atoms with Crippen LogP contribution in [0.4, 0.5) is 0 Å². The van der Waals surface area contributed by atoms with Crippen molar-refractivity contribution in [2.75, 3.05) is 0 Å². The molecular weight excluding hydrogens is 226 g/mol. The van der Waals surface area contributed by atoms with Gasteiger partial charge in [-0.05, 0) is 18.4 Å². The zero-order valence-electron chi connectivity index (χ0n) is 11.1. The highest BCUT2D eigenvalue weighted by Crippen LogP contribution is 2.26. The molecule has 0 unspecified atom stereocenters. The van der Waals surface area contributed by atoms with Crippen molar-refractivity contribution in [2.24, 2.45) is 5.92 Å². The molecule has 0 bridgehead atoms. The molecule has 2 rings (SSSR count). The summed E-state index contributed by atoms with van der Waals surface area (Å²) in [6.45, 7) is 7.06. The fourth-order valence-electron chi connectivity index (χ4n) is 2.06. The number of rotatable bonds is 4. The summed E-state index contributed by atoms with van der Waals surface area (Å²) in [5, 5.41) is 17.6. The van der Waals surface area contributed by atoms with Crippen LogP contribution in [-0.4, -0.2) is 20.1 Å². The van der Waals surface area contributed by atoms with Crippen molar-refractivity contribution < 1.29 is 5.11 Å². The molecule has 2 aromatic rings. The van der Waals surface area contributed by atoms with E-state index in [2.05, 4.69) is 37.1 Å². The van der Waals surface area contributed by atoms with Crippen molar-refractivity contribution in [1.82, 2.24) is 15.0 Å². The molecule has 96 valence electrons. The first-order valence-corrected chi connectivity index (χ1v) is 6.22. The van der Waals surface area contributed by atoms with Crippen LogP contribution in [0.25, 0.3) is 11.3 Å². The Balaban J connectivity index is 2.54. The van der Waals surface area contributed by atoms with E-state index in [0.29, 0.717) is 11.6 Å². The van der Waals surface area contributed by atoms with Crippen LogP contribution in [0.15, 0.2) is 24.3 Å². The number of nitrogens with zero attached hydrogens (tertiary/aromatic N) is 3. The maximum Gasteiger partial charge on any atom is 0.116 e. The summed E-state index contributed by atoms with van der Waals surface area (Å²) in [6, 6.07) is 8.11. The van der Waals surface area contributed by atoms with Gasteiger partial charge in [-0.25, -0.2) is 4.68 Å². The van der Waals surface area contributed by atoms with Crippen molar-refractivity contribution in [3.8, 4) is 11.3 Å². The summed E-state index contributed by atoms with van der Waals surface area (Å²) in [4.78, 5) is 0. The molecule has 1 aromatic heterocycles. The predicted octanol–water partition coefficient (Wildman–Crippen LogP) is 2.40. The Labute approximate surface area is 107 Å². The van der Waals surface area contributed by atoms with Crippen molar-refractivity contribution in [3.63, 3.8) is 0 Å². The zero-order valence-corrected chi connectivity index (χ0v) is 11.1. The Kier molecular flexibility index (Phi) is 3.77. The van der Waals surface area contributed by atoms with Gasteiger partial charge in [-0.15, -0.1) is 5.10 Å². The van der Waals surface area contributed by atoms with Crippen LogP contribution >= 0.6 is 0 Å². The van der Waals surface area contributed by atoms with E-state index in [-0.39, 0.29) is 6.61 Å². The van der Waals surface area contributed by atoms with Crippen LogP contribution in [-0.2, 0) is 13.2 Å². The number of benzene rings is 1. The van der Waals surface area contributed by atoms with Gasteiger partial charge in [-0.1, -0.05) is 43.3 Å². The van der Waals surface area contributed by atoms with Crippen molar-refractivity contribution in [1.29, 1.82) is 0 Å². The highest BCUT2D eigenvalue weighted by Gasteiger charge is 2.16. The Hall–Kier alpha value is -1.68. The molecule has 0 aliphatic rings. The molecule has 1 heterocycles. The second kappa shape index (κ2) is 5.31. The van der Waals surface area contributed by atoms with E-state index in [1.165, 1.54) is 5.56 Å². The van der Waals surface area contributed by atoms with E-state index >= 15 is 0 Å². The standard InChI is InChI=1S/C14H19N3O/c1-10(2)8-17-14(13(9-18)15-16-17)12-7-5-4-6-11(12)3/h4-7,10,18H,8-9H2,1-3H3. The molecule has 0 spiro atoms. The minimum Gasteiger partial charge on any atom is -0.390 e. The van der Waals surface area contributed by atoms with Crippen molar-refractivity contribution >= 4 is 0 Å². The molecule has 0 atom stereocenters. The summed E-state index contributed by atoms with van der Waals surface area (Å²) in [5.74, 6) is 0.487. The molecule has 1 N–H and O–H groups in total. The minimum absolute atomic E-state index is 0.0816. The SMILES string of the molecule is Cc1ccccc1-c1c(CO)nnn1CC(C)C. The summed E-state index contributed by atoms with van der Waals surface area (Å²) in [6.07, 6.45) is 0. The monoisotopic (exact) mass is 245 g/mol.